The molecular weight excluding hydrogens is 158 g/mol. The number of nitrogens with two attached hydrogens (primary N) is 1. The third-order valence-electron chi connectivity index (χ3n) is 2.98. The van der Waals surface area contributed by atoms with Crippen molar-refractivity contribution in [3.63, 3.8) is 0 Å². The average molecular weight is 174 g/mol. The second kappa shape index (κ2) is 3.82. The van der Waals surface area contributed by atoms with E-state index in [1.54, 1.807) is 0 Å². The summed E-state index contributed by atoms with van der Waals surface area (Å²) in [5.74, 6) is 0.711. The lowest BCUT2D eigenvalue weighted by Crippen LogP contribution is -2.06. The van der Waals surface area contributed by atoms with Crippen LogP contribution in [0.25, 0.3) is 0 Å². The molecule has 1 aromatic rings. The molecule has 0 aromatic heterocycles. The molecule has 0 spiro atoms. The first kappa shape index (κ1) is 8.61. The van der Waals surface area contributed by atoms with Gasteiger partial charge in [0.15, 0.2) is 0 Å². The van der Waals surface area contributed by atoms with Crippen molar-refractivity contribution in [1.82, 2.24) is 0 Å². The van der Waals surface area contributed by atoms with Crippen LogP contribution in [0.4, 0.5) is 5.69 Å². The molecule has 0 amide bonds. The van der Waals surface area contributed by atoms with Crippen molar-refractivity contribution in [3.8, 4) is 0 Å². The Morgan fingerprint density at radius 2 is 2.00 bits per heavy atom. The van der Waals surface area contributed by atoms with E-state index < -0.39 is 0 Å². The van der Waals surface area contributed by atoms with Crippen LogP contribution in [-0.4, -0.2) is 0 Å². The molecule has 1 radical (unpaired) electrons. The zero-order chi connectivity index (χ0) is 9.10. The van der Waals surface area contributed by atoms with Gasteiger partial charge in [-0.1, -0.05) is 31.4 Å². The van der Waals surface area contributed by atoms with E-state index in [2.05, 4.69) is 12.1 Å². The fourth-order valence-electron chi connectivity index (χ4n) is 2.24. The summed E-state index contributed by atoms with van der Waals surface area (Å²) in [5.41, 5.74) is 8.19. The van der Waals surface area contributed by atoms with Gasteiger partial charge in [-0.3, -0.25) is 0 Å². The summed E-state index contributed by atoms with van der Waals surface area (Å²) in [6, 6.07) is 9.01. The van der Waals surface area contributed by atoms with Gasteiger partial charge < -0.3 is 5.73 Å². The summed E-state index contributed by atoms with van der Waals surface area (Å²) in [5, 5.41) is 0. The lowest BCUT2D eigenvalue weighted by atomic mass is 9.83. The Balaban J connectivity index is 2.18. The Labute approximate surface area is 80.0 Å². The van der Waals surface area contributed by atoms with Crippen LogP contribution in [0.5, 0.6) is 0 Å². The molecule has 1 fully saturated rings. The van der Waals surface area contributed by atoms with Gasteiger partial charge in [0, 0.05) is 5.69 Å². The molecule has 1 aromatic carbocycles. The van der Waals surface area contributed by atoms with E-state index in [1.165, 1.54) is 37.7 Å². The first-order valence-corrected chi connectivity index (χ1v) is 5.13. The van der Waals surface area contributed by atoms with Crippen LogP contribution in [0.3, 0.4) is 0 Å². The molecule has 2 N–H and O–H groups in total. The van der Waals surface area contributed by atoms with Crippen molar-refractivity contribution in [2.75, 3.05) is 5.73 Å². The summed E-state index contributed by atoms with van der Waals surface area (Å²) in [6.07, 6.45) is 6.75. The fourth-order valence-corrected chi connectivity index (χ4v) is 2.24. The van der Waals surface area contributed by atoms with E-state index in [-0.39, 0.29) is 0 Å². The summed E-state index contributed by atoms with van der Waals surface area (Å²) in [7, 11) is 0. The number of nitrogen functional groups attached to an aromatic ring is 1. The molecule has 0 atom stereocenters. The largest absolute Gasteiger partial charge is 0.398 e. The molecule has 0 aliphatic heterocycles. The summed E-state index contributed by atoms with van der Waals surface area (Å²) >= 11 is 0. The van der Waals surface area contributed by atoms with E-state index in [0.29, 0.717) is 5.92 Å². The lowest BCUT2D eigenvalue weighted by molar-refractivity contribution is 0.444. The van der Waals surface area contributed by atoms with Gasteiger partial charge in [0.25, 0.3) is 0 Å². The van der Waals surface area contributed by atoms with Crippen LogP contribution in [0.2, 0.25) is 0 Å². The minimum Gasteiger partial charge on any atom is -0.398 e. The van der Waals surface area contributed by atoms with Crippen LogP contribution >= 0.6 is 0 Å². The standard InChI is InChI=1S/C12H16N/c13-12-9-5-4-8-11(12)10-6-2-1-3-7-10/h4,8-10H,1-3,6-7,13H2. The topological polar surface area (TPSA) is 26.0 Å². The zero-order valence-electron chi connectivity index (χ0n) is 7.92. The van der Waals surface area contributed by atoms with Crippen molar-refractivity contribution < 1.29 is 0 Å². The van der Waals surface area contributed by atoms with Crippen molar-refractivity contribution in [3.05, 3.63) is 29.8 Å². The molecule has 1 aliphatic rings. The Morgan fingerprint density at radius 3 is 2.69 bits per heavy atom. The van der Waals surface area contributed by atoms with Gasteiger partial charge in [0.05, 0.1) is 0 Å². The molecule has 1 aliphatic carbocycles. The van der Waals surface area contributed by atoms with Crippen molar-refractivity contribution >= 4 is 5.69 Å². The Hall–Kier alpha value is -0.980. The van der Waals surface area contributed by atoms with Gasteiger partial charge >= 0.3 is 0 Å². The highest BCUT2D eigenvalue weighted by atomic mass is 14.6. The van der Waals surface area contributed by atoms with Gasteiger partial charge in [-0.25, -0.2) is 0 Å². The normalized spacial score (nSPS) is 18.8. The Bertz CT molecular complexity index is 274. The van der Waals surface area contributed by atoms with E-state index in [1.807, 2.05) is 12.1 Å². The van der Waals surface area contributed by atoms with Crippen LogP contribution in [0.1, 0.15) is 43.6 Å². The minimum absolute atomic E-state index is 0.711. The van der Waals surface area contributed by atoms with Crippen LogP contribution < -0.4 is 5.73 Å². The molecule has 0 heterocycles. The number of anilines is 1. The highest BCUT2D eigenvalue weighted by Crippen LogP contribution is 2.34. The SMILES string of the molecule is Nc1c[c]ccc1C1CCCCC1. The van der Waals surface area contributed by atoms with Crippen LogP contribution in [-0.2, 0) is 0 Å². The first-order chi connectivity index (χ1) is 6.38. The van der Waals surface area contributed by atoms with Gasteiger partial charge in [-0.2, -0.15) is 0 Å². The summed E-state index contributed by atoms with van der Waals surface area (Å²) in [4.78, 5) is 0. The second-order valence-corrected chi connectivity index (χ2v) is 3.89. The fraction of sp³-hybridized carbons (Fsp3) is 0.500. The van der Waals surface area contributed by atoms with Crippen molar-refractivity contribution in [2.45, 2.75) is 38.0 Å². The molecule has 0 saturated heterocycles. The van der Waals surface area contributed by atoms with E-state index in [0.717, 1.165) is 5.69 Å². The maximum Gasteiger partial charge on any atom is 0.0355 e. The quantitative estimate of drug-likeness (QED) is 0.650. The summed E-state index contributed by atoms with van der Waals surface area (Å²) in [6.45, 7) is 0. The van der Waals surface area contributed by atoms with E-state index >= 15 is 0 Å². The highest BCUT2D eigenvalue weighted by molar-refractivity contribution is 5.48. The number of hydrogen-bond acceptors (Lipinski definition) is 1. The number of benzene rings is 1. The van der Waals surface area contributed by atoms with Gasteiger partial charge in [0.2, 0.25) is 0 Å². The zero-order valence-corrected chi connectivity index (χ0v) is 7.92. The molecule has 1 nitrogen and oxygen atoms in total. The Kier molecular flexibility index (Phi) is 2.53. The highest BCUT2D eigenvalue weighted by Gasteiger charge is 2.16. The van der Waals surface area contributed by atoms with Gasteiger partial charge in [-0.15, -0.1) is 0 Å². The van der Waals surface area contributed by atoms with Crippen molar-refractivity contribution in [2.24, 2.45) is 0 Å². The third-order valence-corrected chi connectivity index (χ3v) is 2.98. The molecule has 0 bridgehead atoms. The van der Waals surface area contributed by atoms with Crippen molar-refractivity contribution in [1.29, 1.82) is 0 Å². The summed E-state index contributed by atoms with van der Waals surface area (Å²) < 4.78 is 0. The predicted molar refractivity (Wildman–Crippen MR) is 55.5 cm³/mol. The van der Waals surface area contributed by atoms with E-state index in [9.17, 15) is 0 Å². The van der Waals surface area contributed by atoms with Crippen LogP contribution in [0.15, 0.2) is 18.2 Å². The van der Waals surface area contributed by atoms with Gasteiger partial charge in [0.1, 0.15) is 0 Å². The molecule has 13 heavy (non-hydrogen) atoms. The molecule has 1 saturated carbocycles. The average Bonchev–Trinajstić information content (AvgIpc) is 2.20. The maximum absolute atomic E-state index is 5.92. The molecular formula is C12H16N. The monoisotopic (exact) mass is 174 g/mol. The lowest BCUT2D eigenvalue weighted by Gasteiger charge is -2.22. The molecule has 69 valence electrons. The number of hydrogen-bond donors (Lipinski definition) is 1. The number of rotatable bonds is 1. The van der Waals surface area contributed by atoms with Crippen LogP contribution in [0, 0.1) is 6.07 Å². The molecule has 2 rings (SSSR count). The predicted octanol–water partition coefficient (Wildman–Crippen LogP) is 3.12. The first-order valence-electron chi connectivity index (χ1n) is 5.13. The van der Waals surface area contributed by atoms with E-state index in [4.69, 9.17) is 5.73 Å². The minimum atomic E-state index is 0.711. The smallest absolute Gasteiger partial charge is 0.0355 e. The molecule has 0 unspecified atom stereocenters. The second-order valence-electron chi connectivity index (χ2n) is 3.89. The third kappa shape index (κ3) is 1.85. The maximum atomic E-state index is 5.92. The Morgan fingerprint density at radius 1 is 1.23 bits per heavy atom. The van der Waals surface area contributed by atoms with Gasteiger partial charge in [-0.05, 0) is 36.5 Å². The molecule has 1 heteroatoms.